The third-order valence-corrected chi connectivity index (χ3v) is 5.35. The molecule has 0 aliphatic carbocycles. The molecule has 6 nitrogen and oxygen atoms in total. The zero-order valence-corrected chi connectivity index (χ0v) is 16.2. The predicted molar refractivity (Wildman–Crippen MR) is 108 cm³/mol. The van der Waals surface area contributed by atoms with Crippen LogP contribution in [0.2, 0.25) is 0 Å². The van der Waals surface area contributed by atoms with Gasteiger partial charge in [0.15, 0.2) is 11.6 Å². The zero-order valence-electron chi connectivity index (χ0n) is 16.2. The number of aromatic nitrogens is 2. The maximum atomic E-state index is 14.0. The van der Waals surface area contributed by atoms with E-state index in [0.29, 0.717) is 23.1 Å². The quantitative estimate of drug-likeness (QED) is 0.694. The monoisotopic (exact) mass is 382 g/mol. The second kappa shape index (κ2) is 7.24. The van der Waals surface area contributed by atoms with Gasteiger partial charge < -0.3 is 14.5 Å². The van der Waals surface area contributed by atoms with E-state index in [9.17, 15) is 9.18 Å². The van der Waals surface area contributed by atoms with Crippen molar-refractivity contribution in [2.45, 2.75) is 12.5 Å². The molecule has 1 unspecified atom stereocenters. The molecule has 28 heavy (non-hydrogen) atoms. The van der Waals surface area contributed by atoms with Crippen LogP contribution in [0.1, 0.15) is 6.42 Å². The van der Waals surface area contributed by atoms with Crippen molar-refractivity contribution < 1.29 is 9.13 Å². The standard InChI is InChI=1S/C21H23FN4O2/c1-24(2)16-8-9-25(13-16)20-11-21(27)26-12-15(5-7-19(26)23-20)14-4-6-18(28-3)17(22)10-14/h4-7,10-12,16H,8-9,13H2,1-3H3. The van der Waals surface area contributed by atoms with Crippen LogP contribution >= 0.6 is 0 Å². The number of halogens is 1. The summed E-state index contributed by atoms with van der Waals surface area (Å²) < 4.78 is 20.5. The Hall–Kier alpha value is -2.93. The first kappa shape index (κ1) is 18.4. The van der Waals surface area contributed by atoms with Crippen molar-refractivity contribution >= 4 is 11.5 Å². The minimum absolute atomic E-state index is 0.149. The van der Waals surface area contributed by atoms with Crippen molar-refractivity contribution in [1.29, 1.82) is 0 Å². The fourth-order valence-corrected chi connectivity index (χ4v) is 3.64. The van der Waals surface area contributed by atoms with Crippen molar-refractivity contribution in [3.8, 4) is 16.9 Å². The number of hydrogen-bond acceptors (Lipinski definition) is 5. The van der Waals surface area contributed by atoms with E-state index < -0.39 is 5.82 Å². The molecular formula is C21H23FN4O2. The van der Waals surface area contributed by atoms with Gasteiger partial charge in [0.1, 0.15) is 11.5 Å². The van der Waals surface area contributed by atoms with Gasteiger partial charge in [-0.25, -0.2) is 9.37 Å². The normalized spacial score (nSPS) is 16.9. The van der Waals surface area contributed by atoms with E-state index in [2.05, 4.69) is 28.9 Å². The molecule has 0 N–H and O–H groups in total. The second-order valence-corrected chi connectivity index (χ2v) is 7.30. The Morgan fingerprint density at radius 3 is 2.64 bits per heavy atom. The molecule has 3 aromatic rings. The summed E-state index contributed by atoms with van der Waals surface area (Å²) in [6, 6.07) is 10.4. The van der Waals surface area contributed by atoms with Crippen molar-refractivity contribution in [2.24, 2.45) is 0 Å². The SMILES string of the molecule is COc1ccc(-c2ccc3nc(N4CCC(N(C)C)C4)cc(=O)n3c2)cc1F. The first-order valence-electron chi connectivity index (χ1n) is 9.25. The summed E-state index contributed by atoms with van der Waals surface area (Å²) in [5.74, 6) is 0.456. The summed E-state index contributed by atoms with van der Waals surface area (Å²) in [5.41, 5.74) is 1.83. The number of rotatable bonds is 4. The number of likely N-dealkylation sites (N-methyl/N-ethyl adjacent to an activating group) is 1. The van der Waals surface area contributed by atoms with Gasteiger partial charge >= 0.3 is 0 Å². The maximum Gasteiger partial charge on any atom is 0.259 e. The van der Waals surface area contributed by atoms with E-state index in [1.807, 2.05) is 6.07 Å². The molecular weight excluding hydrogens is 359 g/mol. The highest BCUT2D eigenvalue weighted by molar-refractivity contribution is 5.66. The first-order valence-corrected chi connectivity index (χ1v) is 9.25. The van der Waals surface area contributed by atoms with Gasteiger partial charge in [0.25, 0.3) is 5.56 Å². The molecule has 7 heteroatoms. The molecule has 2 aromatic heterocycles. The number of anilines is 1. The van der Waals surface area contributed by atoms with Crippen LogP contribution in [0.3, 0.4) is 0 Å². The molecule has 1 saturated heterocycles. The molecule has 0 bridgehead atoms. The molecule has 0 amide bonds. The van der Waals surface area contributed by atoms with Crippen LogP contribution in [-0.4, -0.2) is 54.6 Å². The summed E-state index contributed by atoms with van der Waals surface area (Å²) in [7, 11) is 5.57. The number of benzene rings is 1. The average molecular weight is 382 g/mol. The molecule has 0 spiro atoms. The Morgan fingerprint density at radius 1 is 1.18 bits per heavy atom. The minimum atomic E-state index is -0.439. The van der Waals surface area contributed by atoms with Gasteiger partial charge in [-0.3, -0.25) is 9.20 Å². The molecule has 1 aliphatic heterocycles. The molecule has 1 aromatic carbocycles. The number of nitrogens with zero attached hydrogens (tertiary/aromatic N) is 4. The largest absolute Gasteiger partial charge is 0.494 e. The van der Waals surface area contributed by atoms with Gasteiger partial charge in [-0.05, 0) is 55.9 Å². The van der Waals surface area contributed by atoms with Gasteiger partial charge in [-0.2, -0.15) is 0 Å². The number of methoxy groups -OCH3 is 1. The second-order valence-electron chi connectivity index (χ2n) is 7.30. The highest BCUT2D eigenvalue weighted by atomic mass is 19.1. The van der Waals surface area contributed by atoms with Crippen LogP contribution in [0, 0.1) is 5.82 Å². The van der Waals surface area contributed by atoms with E-state index in [1.165, 1.54) is 17.6 Å². The van der Waals surface area contributed by atoms with E-state index in [-0.39, 0.29) is 11.3 Å². The van der Waals surface area contributed by atoms with E-state index in [1.54, 1.807) is 30.5 Å². The van der Waals surface area contributed by atoms with Gasteiger partial charge in [-0.15, -0.1) is 0 Å². The Morgan fingerprint density at radius 2 is 1.96 bits per heavy atom. The van der Waals surface area contributed by atoms with E-state index in [0.717, 1.165) is 25.1 Å². The molecule has 146 valence electrons. The van der Waals surface area contributed by atoms with Gasteiger partial charge in [0.05, 0.1) is 7.11 Å². The highest BCUT2D eigenvalue weighted by Crippen LogP contribution is 2.26. The Kier molecular flexibility index (Phi) is 4.77. The lowest BCUT2D eigenvalue weighted by Gasteiger charge is -2.21. The predicted octanol–water partition coefficient (Wildman–Crippen LogP) is 2.65. The molecule has 3 heterocycles. The summed E-state index contributed by atoms with van der Waals surface area (Å²) in [5, 5.41) is 0. The number of ether oxygens (including phenoxy) is 1. The zero-order chi connectivity index (χ0) is 19.8. The average Bonchev–Trinajstić information content (AvgIpc) is 3.18. The molecule has 0 radical (unpaired) electrons. The van der Waals surface area contributed by atoms with E-state index in [4.69, 9.17) is 4.74 Å². The lowest BCUT2D eigenvalue weighted by atomic mass is 10.1. The fourth-order valence-electron chi connectivity index (χ4n) is 3.64. The van der Waals surface area contributed by atoms with Crippen molar-refractivity contribution in [1.82, 2.24) is 14.3 Å². The minimum Gasteiger partial charge on any atom is -0.494 e. The Balaban J connectivity index is 1.69. The summed E-state index contributed by atoms with van der Waals surface area (Å²) in [6.07, 6.45) is 2.75. The molecule has 4 rings (SSSR count). The van der Waals surface area contributed by atoms with Crippen LogP contribution in [0.15, 0.2) is 47.4 Å². The third-order valence-electron chi connectivity index (χ3n) is 5.35. The number of fused-ring (bicyclic) bond motifs is 1. The highest BCUT2D eigenvalue weighted by Gasteiger charge is 2.25. The van der Waals surface area contributed by atoms with Crippen LogP contribution < -0.4 is 15.2 Å². The van der Waals surface area contributed by atoms with Crippen molar-refractivity contribution in [3.63, 3.8) is 0 Å². The van der Waals surface area contributed by atoms with Crippen LogP contribution in [0.25, 0.3) is 16.8 Å². The van der Waals surface area contributed by atoms with Crippen LogP contribution in [-0.2, 0) is 0 Å². The topological polar surface area (TPSA) is 50.1 Å². The van der Waals surface area contributed by atoms with E-state index >= 15 is 0 Å². The van der Waals surface area contributed by atoms with Crippen LogP contribution in [0.5, 0.6) is 5.75 Å². The lowest BCUT2D eigenvalue weighted by Crippen LogP contribution is -2.32. The Bertz CT molecular complexity index is 1080. The molecule has 1 fully saturated rings. The van der Waals surface area contributed by atoms with Gasteiger partial charge in [0.2, 0.25) is 0 Å². The number of hydrogen-bond donors (Lipinski definition) is 0. The third kappa shape index (κ3) is 3.33. The van der Waals surface area contributed by atoms with Gasteiger partial charge in [-0.1, -0.05) is 6.07 Å². The summed E-state index contributed by atoms with van der Waals surface area (Å²) >= 11 is 0. The number of pyridine rings is 1. The lowest BCUT2D eigenvalue weighted by molar-refractivity contribution is 0.315. The molecule has 1 aliphatic rings. The molecule has 1 atom stereocenters. The van der Waals surface area contributed by atoms with Gasteiger partial charge in [0, 0.05) is 31.4 Å². The summed E-state index contributed by atoms with van der Waals surface area (Å²) in [4.78, 5) is 21.7. The van der Waals surface area contributed by atoms with Crippen LogP contribution in [0.4, 0.5) is 10.2 Å². The smallest absolute Gasteiger partial charge is 0.259 e. The Labute approximate surface area is 162 Å². The first-order chi connectivity index (χ1) is 13.5. The molecule has 0 saturated carbocycles. The van der Waals surface area contributed by atoms with Crippen molar-refractivity contribution in [3.05, 3.63) is 58.8 Å². The maximum absolute atomic E-state index is 14.0. The van der Waals surface area contributed by atoms with Crippen molar-refractivity contribution in [2.75, 3.05) is 39.2 Å². The summed E-state index contributed by atoms with van der Waals surface area (Å²) in [6.45, 7) is 1.74. The fraction of sp³-hybridized carbons (Fsp3) is 0.333.